The maximum absolute atomic E-state index is 14.7. The van der Waals surface area contributed by atoms with Crippen molar-refractivity contribution in [1.82, 2.24) is 14.8 Å². The highest BCUT2D eigenvalue weighted by Crippen LogP contribution is 2.48. The zero-order valence-electron chi connectivity index (χ0n) is 16.7. The molecule has 8 nitrogen and oxygen atoms in total. The summed E-state index contributed by atoms with van der Waals surface area (Å²) in [5.41, 5.74) is -0.667. The van der Waals surface area contributed by atoms with Crippen molar-refractivity contribution in [3.8, 4) is 22.8 Å². The van der Waals surface area contributed by atoms with Crippen LogP contribution in [0, 0.1) is 17.0 Å². The number of pyridine rings is 1. The summed E-state index contributed by atoms with van der Waals surface area (Å²) in [5, 5.41) is 13.3. The summed E-state index contributed by atoms with van der Waals surface area (Å²) in [6.45, 7) is 0. The lowest BCUT2D eigenvalue weighted by Gasteiger charge is -2.22. The highest BCUT2D eigenvalue weighted by atomic mass is 19.1. The maximum atomic E-state index is 14.7. The molecule has 1 aromatic carbocycles. The first-order valence-electron chi connectivity index (χ1n) is 9.35. The molecule has 2 aromatic heterocycles. The molecule has 0 spiro atoms. The van der Waals surface area contributed by atoms with Gasteiger partial charge in [0.1, 0.15) is 11.2 Å². The smallest absolute Gasteiger partial charge is 0.319 e. The zero-order valence-corrected chi connectivity index (χ0v) is 16.7. The minimum Gasteiger partial charge on any atom is -0.480 e. The van der Waals surface area contributed by atoms with Gasteiger partial charge >= 0.3 is 5.97 Å². The Hall–Kier alpha value is -3.82. The highest BCUT2D eigenvalue weighted by molar-refractivity contribution is 6.11. The van der Waals surface area contributed by atoms with Crippen molar-refractivity contribution in [2.75, 3.05) is 11.9 Å². The van der Waals surface area contributed by atoms with Gasteiger partial charge in [0.05, 0.1) is 17.6 Å². The number of hydrogen-bond acceptors (Lipinski definition) is 5. The van der Waals surface area contributed by atoms with Crippen LogP contribution in [0.2, 0.25) is 0 Å². The Kier molecular flexibility index (Phi) is 4.92. The fourth-order valence-electron chi connectivity index (χ4n) is 3.24. The van der Waals surface area contributed by atoms with E-state index in [9.17, 15) is 23.5 Å². The molecule has 1 aliphatic rings. The van der Waals surface area contributed by atoms with Crippen molar-refractivity contribution in [2.45, 2.75) is 12.8 Å². The second kappa shape index (κ2) is 7.46. The topological polar surface area (TPSA) is 97.6 Å². The van der Waals surface area contributed by atoms with Crippen molar-refractivity contribution in [1.29, 1.82) is 0 Å². The lowest BCUT2D eigenvalue weighted by molar-refractivity contribution is -0.148. The van der Waals surface area contributed by atoms with Gasteiger partial charge in [-0.05, 0) is 18.9 Å². The lowest BCUT2D eigenvalue weighted by atomic mass is 10.1. The van der Waals surface area contributed by atoms with Gasteiger partial charge in [0, 0.05) is 50.3 Å². The number of nitrogens with zero attached hydrogens (tertiary/aromatic N) is 4. The van der Waals surface area contributed by atoms with E-state index in [0.29, 0.717) is 5.69 Å². The molecule has 160 valence electrons. The van der Waals surface area contributed by atoms with Crippen LogP contribution in [-0.4, -0.2) is 38.8 Å². The Morgan fingerprint density at radius 3 is 2.58 bits per heavy atom. The number of carboxylic acids is 1. The Morgan fingerprint density at radius 2 is 1.97 bits per heavy atom. The van der Waals surface area contributed by atoms with Crippen LogP contribution >= 0.6 is 0 Å². The fourth-order valence-corrected chi connectivity index (χ4v) is 3.24. The van der Waals surface area contributed by atoms with Gasteiger partial charge in [-0.2, -0.15) is 5.10 Å². The highest BCUT2D eigenvalue weighted by Gasteiger charge is 2.58. The average molecular weight is 428 g/mol. The van der Waals surface area contributed by atoms with Crippen LogP contribution in [-0.2, 0) is 16.6 Å². The van der Waals surface area contributed by atoms with Crippen LogP contribution in [0.3, 0.4) is 0 Å². The van der Waals surface area contributed by atoms with Crippen LogP contribution in [0.4, 0.5) is 14.5 Å². The van der Waals surface area contributed by atoms with Gasteiger partial charge in [-0.1, -0.05) is 0 Å². The van der Waals surface area contributed by atoms with E-state index in [1.165, 1.54) is 19.3 Å². The van der Waals surface area contributed by atoms with E-state index in [4.69, 9.17) is 4.74 Å². The van der Waals surface area contributed by atoms with Gasteiger partial charge in [0.15, 0.2) is 17.4 Å². The number of hydrogen-bond donors (Lipinski definition) is 1. The molecule has 1 N–H and O–H groups in total. The molecule has 1 fully saturated rings. The SMILES string of the molecule is CN(C(=O)C1(C(=O)O)CC1)c1cc(F)c(Oc2ccnc(-c3cnn(C)c3)c2)cc1F. The summed E-state index contributed by atoms with van der Waals surface area (Å²) >= 11 is 0. The number of aryl methyl sites for hydroxylation is 1. The summed E-state index contributed by atoms with van der Waals surface area (Å²) in [6.07, 6.45) is 5.15. The Labute approximate surface area is 175 Å². The fraction of sp³-hybridized carbons (Fsp3) is 0.238. The number of halogens is 2. The minimum absolute atomic E-state index is 0.165. The van der Waals surface area contributed by atoms with Crippen molar-refractivity contribution in [3.63, 3.8) is 0 Å². The lowest BCUT2D eigenvalue weighted by Crippen LogP contribution is -2.39. The number of carbonyl (C=O) groups excluding carboxylic acids is 1. The standard InChI is InChI=1S/C21H18F2N4O4/c1-26-11-12(10-25-26)16-7-13(3-6-24-16)31-18-9-14(22)17(8-15(18)23)27(2)19(28)21(4-5-21)20(29)30/h3,6-11H,4-5H2,1-2H3,(H,29,30). The summed E-state index contributed by atoms with van der Waals surface area (Å²) in [7, 11) is 2.97. The van der Waals surface area contributed by atoms with Gasteiger partial charge in [-0.15, -0.1) is 0 Å². The van der Waals surface area contributed by atoms with Crippen LogP contribution in [0.5, 0.6) is 11.5 Å². The summed E-state index contributed by atoms with van der Waals surface area (Å²) in [5.74, 6) is -4.04. The number of benzene rings is 1. The maximum Gasteiger partial charge on any atom is 0.319 e. The molecule has 31 heavy (non-hydrogen) atoms. The molecule has 3 aromatic rings. The molecule has 0 unspecified atom stereocenters. The number of anilines is 1. The van der Waals surface area contributed by atoms with Crippen LogP contribution in [0.15, 0.2) is 42.9 Å². The van der Waals surface area contributed by atoms with Crippen LogP contribution < -0.4 is 9.64 Å². The molecule has 10 heteroatoms. The Balaban J connectivity index is 1.58. The number of aliphatic carboxylic acids is 1. The second-order valence-corrected chi connectivity index (χ2v) is 7.37. The average Bonchev–Trinajstić information content (AvgIpc) is 3.45. The number of aromatic nitrogens is 3. The van der Waals surface area contributed by atoms with Gasteiger partial charge < -0.3 is 14.7 Å². The van der Waals surface area contributed by atoms with Crippen LogP contribution in [0.1, 0.15) is 12.8 Å². The number of carboxylic acid groups (broad SMARTS) is 1. The quantitative estimate of drug-likeness (QED) is 0.605. The predicted octanol–water partition coefficient (Wildman–Crippen LogP) is 3.38. The molecule has 0 radical (unpaired) electrons. The molecule has 1 saturated carbocycles. The molecular weight excluding hydrogens is 410 g/mol. The number of carbonyl (C=O) groups is 2. The Bertz CT molecular complexity index is 1190. The van der Waals surface area contributed by atoms with E-state index < -0.39 is 28.9 Å². The van der Waals surface area contributed by atoms with Gasteiger partial charge in [0.2, 0.25) is 5.91 Å². The summed E-state index contributed by atoms with van der Waals surface area (Å²) in [6, 6.07) is 4.68. The molecule has 4 rings (SSSR count). The molecule has 1 amide bonds. The van der Waals surface area contributed by atoms with Crippen LogP contribution in [0.25, 0.3) is 11.3 Å². The van der Waals surface area contributed by atoms with Gasteiger partial charge in [-0.25, -0.2) is 8.78 Å². The molecule has 0 bridgehead atoms. The van der Waals surface area contributed by atoms with E-state index in [-0.39, 0.29) is 30.0 Å². The second-order valence-electron chi connectivity index (χ2n) is 7.37. The normalized spacial score (nSPS) is 14.2. The molecule has 0 saturated heterocycles. The summed E-state index contributed by atoms with van der Waals surface area (Å²) < 4.78 is 36.4. The Morgan fingerprint density at radius 1 is 1.23 bits per heavy atom. The minimum atomic E-state index is -1.56. The van der Waals surface area contributed by atoms with E-state index in [1.54, 1.807) is 30.2 Å². The number of rotatable bonds is 6. The van der Waals surface area contributed by atoms with E-state index in [1.807, 2.05) is 0 Å². The summed E-state index contributed by atoms with van der Waals surface area (Å²) in [4.78, 5) is 28.9. The third-order valence-electron chi connectivity index (χ3n) is 5.20. The van der Waals surface area contributed by atoms with E-state index in [2.05, 4.69) is 10.1 Å². The van der Waals surface area contributed by atoms with Gasteiger partial charge in [0.25, 0.3) is 0 Å². The van der Waals surface area contributed by atoms with Crippen molar-refractivity contribution in [3.05, 3.63) is 54.5 Å². The first kappa shape index (κ1) is 20.5. The molecular formula is C21H18F2N4O4. The van der Waals surface area contributed by atoms with E-state index in [0.717, 1.165) is 22.6 Å². The third-order valence-corrected chi connectivity index (χ3v) is 5.20. The molecule has 1 aliphatic carbocycles. The molecule has 2 heterocycles. The predicted molar refractivity (Wildman–Crippen MR) is 106 cm³/mol. The number of amides is 1. The van der Waals surface area contributed by atoms with Gasteiger partial charge in [-0.3, -0.25) is 19.3 Å². The van der Waals surface area contributed by atoms with Crippen molar-refractivity contribution < 1.29 is 28.2 Å². The first-order valence-corrected chi connectivity index (χ1v) is 9.35. The monoisotopic (exact) mass is 428 g/mol. The first-order chi connectivity index (χ1) is 14.7. The number of ether oxygens (including phenoxy) is 1. The molecule has 0 atom stereocenters. The van der Waals surface area contributed by atoms with E-state index >= 15 is 0 Å². The third kappa shape index (κ3) is 3.72. The largest absolute Gasteiger partial charge is 0.480 e. The van der Waals surface area contributed by atoms with Crippen molar-refractivity contribution in [2.24, 2.45) is 12.5 Å². The molecule has 0 aliphatic heterocycles. The zero-order chi connectivity index (χ0) is 22.3. The van der Waals surface area contributed by atoms with Crippen molar-refractivity contribution >= 4 is 17.6 Å².